The minimum atomic E-state index is -0.496. The molecule has 19 heavy (non-hydrogen) atoms. The highest BCUT2D eigenvalue weighted by Gasteiger charge is 2.31. The highest BCUT2D eigenvalue weighted by Crippen LogP contribution is 2.29. The number of rotatable bonds is 3. The molecule has 0 aliphatic rings. The summed E-state index contributed by atoms with van der Waals surface area (Å²) in [5.74, 6) is -0.470. The maximum Gasteiger partial charge on any atom is 0.232 e. The molecule has 1 rings (SSSR count). The van der Waals surface area contributed by atoms with Crippen molar-refractivity contribution in [2.24, 2.45) is 5.41 Å². The molecule has 0 saturated carbocycles. The molecule has 0 N–H and O–H groups in total. The van der Waals surface area contributed by atoms with E-state index in [9.17, 15) is 9.18 Å². The third-order valence-electron chi connectivity index (χ3n) is 3.07. The molecule has 0 aromatic heterocycles. The maximum atomic E-state index is 13.2. The molecule has 0 spiro atoms. The number of carbonyl (C=O) groups excluding carboxylic acids is 1. The lowest BCUT2D eigenvalue weighted by molar-refractivity contribution is -0.126. The smallest absolute Gasteiger partial charge is 0.232 e. The normalized spacial score (nSPS) is 13.2. The number of carbonyl (C=O) groups is 1. The number of nitrogens with zero attached hydrogens (tertiary/aromatic N) is 1. The van der Waals surface area contributed by atoms with Crippen LogP contribution in [0.15, 0.2) is 18.2 Å². The average molecular weight is 286 g/mol. The molecule has 1 aromatic carbocycles. The Balaban J connectivity index is 3.24. The lowest BCUT2D eigenvalue weighted by atomic mass is 9.93. The first kappa shape index (κ1) is 16.0. The monoisotopic (exact) mass is 285 g/mol. The van der Waals surface area contributed by atoms with Crippen molar-refractivity contribution in [3.63, 3.8) is 0 Å². The molecule has 0 aliphatic heterocycles. The minimum Gasteiger partial charge on any atom is -0.309 e. The summed E-state index contributed by atoms with van der Waals surface area (Å²) in [4.78, 5) is 14.3. The zero-order chi connectivity index (χ0) is 14.8. The van der Waals surface area contributed by atoms with Crippen molar-refractivity contribution in [2.75, 3.05) is 4.90 Å². The van der Waals surface area contributed by atoms with E-state index in [0.29, 0.717) is 5.69 Å². The average Bonchev–Trinajstić information content (AvgIpc) is 2.32. The van der Waals surface area contributed by atoms with E-state index in [1.807, 2.05) is 34.6 Å². The van der Waals surface area contributed by atoms with Gasteiger partial charge in [-0.2, -0.15) is 0 Å². The van der Waals surface area contributed by atoms with E-state index in [0.717, 1.165) is 6.42 Å². The summed E-state index contributed by atoms with van der Waals surface area (Å²) in [7, 11) is 0. The van der Waals surface area contributed by atoms with Crippen LogP contribution in [0, 0.1) is 11.2 Å². The fourth-order valence-electron chi connectivity index (χ4n) is 1.75. The van der Waals surface area contributed by atoms with E-state index in [-0.39, 0.29) is 17.0 Å². The quantitative estimate of drug-likeness (QED) is 0.791. The van der Waals surface area contributed by atoms with Crippen LogP contribution in [0.1, 0.15) is 41.0 Å². The van der Waals surface area contributed by atoms with Crippen LogP contribution in [0.2, 0.25) is 5.02 Å². The van der Waals surface area contributed by atoms with Crippen molar-refractivity contribution >= 4 is 23.2 Å². The van der Waals surface area contributed by atoms with Crippen LogP contribution < -0.4 is 4.90 Å². The Morgan fingerprint density at radius 3 is 2.42 bits per heavy atom. The van der Waals surface area contributed by atoms with Gasteiger partial charge in [-0.05, 0) is 31.5 Å². The molecular formula is C15H21ClFNO. The Kier molecular flexibility index (Phi) is 4.97. The summed E-state index contributed by atoms with van der Waals surface area (Å²) in [6.45, 7) is 9.60. The van der Waals surface area contributed by atoms with Gasteiger partial charge in [0.05, 0.1) is 5.02 Å². The molecule has 1 unspecified atom stereocenters. The van der Waals surface area contributed by atoms with Crippen molar-refractivity contribution in [3.8, 4) is 0 Å². The molecule has 106 valence electrons. The minimum absolute atomic E-state index is 0.00419. The van der Waals surface area contributed by atoms with Crippen LogP contribution in [0.25, 0.3) is 0 Å². The molecule has 0 fully saturated rings. The van der Waals surface area contributed by atoms with Gasteiger partial charge in [0, 0.05) is 17.1 Å². The number of benzene rings is 1. The van der Waals surface area contributed by atoms with E-state index in [1.54, 1.807) is 11.0 Å². The number of hydrogen-bond acceptors (Lipinski definition) is 1. The topological polar surface area (TPSA) is 20.3 Å². The van der Waals surface area contributed by atoms with E-state index < -0.39 is 11.2 Å². The van der Waals surface area contributed by atoms with E-state index in [4.69, 9.17) is 11.6 Å². The Labute approximate surface area is 119 Å². The lowest BCUT2D eigenvalue weighted by Gasteiger charge is -2.34. The molecule has 0 saturated heterocycles. The zero-order valence-corrected chi connectivity index (χ0v) is 12.9. The number of halogens is 2. The van der Waals surface area contributed by atoms with E-state index >= 15 is 0 Å². The first-order valence-corrected chi connectivity index (χ1v) is 6.85. The summed E-state index contributed by atoms with van der Waals surface area (Å²) in [5, 5.41) is 0.0347. The Morgan fingerprint density at radius 1 is 1.42 bits per heavy atom. The Bertz CT molecular complexity index is 468. The van der Waals surface area contributed by atoms with Crippen LogP contribution >= 0.6 is 11.6 Å². The van der Waals surface area contributed by atoms with Crippen LogP contribution in [0.5, 0.6) is 0 Å². The zero-order valence-electron chi connectivity index (χ0n) is 12.1. The summed E-state index contributed by atoms with van der Waals surface area (Å²) in [6.07, 6.45) is 0.816. The van der Waals surface area contributed by atoms with Crippen molar-refractivity contribution in [2.45, 2.75) is 47.1 Å². The van der Waals surface area contributed by atoms with Crippen LogP contribution in [-0.2, 0) is 4.79 Å². The summed E-state index contributed by atoms with van der Waals surface area (Å²) < 4.78 is 13.2. The fraction of sp³-hybridized carbons (Fsp3) is 0.533. The van der Waals surface area contributed by atoms with Crippen molar-refractivity contribution in [3.05, 3.63) is 29.0 Å². The predicted octanol–water partition coefficient (Wildman–Crippen LogP) is 4.66. The molecule has 1 amide bonds. The van der Waals surface area contributed by atoms with Gasteiger partial charge in [0.1, 0.15) is 5.82 Å². The van der Waals surface area contributed by atoms with Gasteiger partial charge in [-0.1, -0.05) is 39.3 Å². The molecule has 1 atom stereocenters. The van der Waals surface area contributed by atoms with Crippen molar-refractivity contribution in [1.82, 2.24) is 0 Å². The molecular weight excluding hydrogens is 265 g/mol. The van der Waals surface area contributed by atoms with E-state index in [2.05, 4.69) is 0 Å². The highest BCUT2D eigenvalue weighted by atomic mass is 35.5. The predicted molar refractivity (Wildman–Crippen MR) is 78.1 cm³/mol. The lowest BCUT2D eigenvalue weighted by Crippen LogP contribution is -2.44. The van der Waals surface area contributed by atoms with Gasteiger partial charge in [0.15, 0.2) is 0 Å². The third-order valence-corrected chi connectivity index (χ3v) is 3.36. The van der Waals surface area contributed by atoms with Gasteiger partial charge in [-0.25, -0.2) is 4.39 Å². The van der Waals surface area contributed by atoms with E-state index in [1.165, 1.54) is 12.1 Å². The first-order chi connectivity index (χ1) is 8.68. The summed E-state index contributed by atoms with van der Waals surface area (Å²) >= 11 is 5.81. The van der Waals surface area contributed by atoms with Crippen LogP contribution in [0.3, 0.4) is 0 Å². The molecule has 1 aromatic rings. The first-order valence-electron chi connectivity index (χ1n) is 6.47. The summed E-state index contributed by atoms with van der Waals surface area (Å²) in [6, 6.07) is 4.43. The second-order valence-corrected chi connectivity index (χ2v) is 6.19. The molecule has 0 heterocycles. The van der Waals surface area contributed by atoms with Crippen molar-refractivity contribution in [1.29, 1.82) is 0 Å². The van der Waals surface area contributed by atoms with Gasteiger partial charge < -0.3 is 4.90 Å². The number of anilines is 1. The maximum absolute atomic E-state index is 13.2. The van der Waals surface area contributed by atoms with Crippen molar-refractivity contribution < 1.29 is 9.18 Å². The van der Waals surface area contributed by atoms with Gasteiger partial charge in [0.2, 0.25) is 5.91 Å². The van der Waals surface area contributed by atoms with Gasteiger partial charge in [-0.3, -0.25) is 4.79 Å². The van der Waals surface area contributed by atoms with Gasteiger partial charge in [0.25, 0.3) is 0 Å². The second-order valence-electron chi connectivity index (χ2n) is 5.78. The van der Waals surface area contributed by atoms with Gasteiger partial charge in [-0.15, -0.1) is 0 Å². The number of hydrogen-bond donors (Lipinski definition) is 0. The summed E-state index contributed by atoms with van der Waals surface area (Å²) in [5.41, 5.74) is 0.144. The molecule has 2 nitrogen and oxygen atoms in total. The van der Waals surface area contributed by atoms with Crippen LogP contribution in [0.4, 0.5) is 10.1 Å². The third kappa shape index (κ3) is 3.69. The molecule has 0 bridgehead atoms. The largest absolute Gasteiger partial charge is 0.309 e. The molecule has 0 radical (unpaired) electrons. The second kappa shape index (κ2) is 5.91. The molecule has 4 heteroatoms. The molecule has 0 aliphatic carbocycles. The highest BCUT2D eigenvalue weighted by molar-refractivity contribution is 6.31. The Morgan fingerprint density at radius 2 is 2.00 bits per heavy atom. The number of amides is 1. The fourth-order valence-corrected chi connectivity index (χ4v) is 1.93. The SMILES string of the molecule is CCC(C)N(C(=O)C(C)(C)C)c1ccc(F)c(Cl)c1. The standard InChI is InChI=1S/C15H21ClFNO/c1-6-10(2)18(14(19)15(3,4)5)11-7-8-13(17)12(16)9-11/h7-10H,6H2,1-5H3. The Hall–Kier alpha value is -1.09. The van der Waals surface area contributed by atoms with Gasteiger partial charge >= 0.3 is 0 Å². The van der Waals surface area contributed by atoms with Crippen LogP contribution in [-0.4, -0.2) is 11.9 Å².